The van der Waals surface area contributed by atoms with E-state index in [0.717, 1.165) is 5.56 Å². The summed E-state index contributed by atoms with van der Waals surface area (Å²) >= 11 is 0. The minimum absolute atomic E-state index is 0.148. The maximum absolute atomic E-state index is 12.4. The van der Waals surface area contributed by atoms with Gasteiger partial charge in [0.05, 0.1) is 13.2 Å². The summed E-state index contributed by atoms with van der Waals surface area (Å²) in [6.07, 6.45) is 2.01. The molecule has 1 aliphatic rings. The Hall–Kier alpha value is -2.25. The van der Waals surface area contributed by atoms with E-state index in [0.29, 0.717) is 24.4 Å². The Labute approximate surface area is 127 Å². The first-order chi connectivity index (χ1) is 10.5. The fourth-order valence-electron chi connectivity index (χ4n) is 2.57. The topological polar surface area (TPSA) is 91.5 Å². The zero-order valence-electron chi connectivity index (χ0n) is 12.3. The van der Waals surface area contributed by atoms with Crippen LogP contribution in [-0.2, 0) is 7.05 Å². The zero-order valence-corrected chi connectivity index (χ0v) is 12.3. The summed E-state index contributed by atoms with van der Waals surface area (Å²) in [5.74, 6) is 0.460. The van der Waals surface area contributed by atoms with Crippen LogP contribution in [0.4, 0.5) is 0 Å². The lowest BCUT2D eigenvalue weighted by atomic mass is 10.1. The normalized spacial score (nSPS) is 21.3. The van der Waals surface area contributed by atoms with Gasteiger partial charge in [0.15, 0.2) is 5.82 Å². The Bertz CT molecular complexity index is 682. The lowest BCUT2D eigenvalue weighted by Gasteiger charge is -2.21. The summed E-state index contributed by atoms with van der Waals surface area (Å²) in [7, 11) is 1.80. The van der Waals surface area contributed by atoms with Gasteiger partial charge in [0.2, 0.25) is 0 Å². The van der Waals surface area contributed by atoms with Crippen LogP contribution in [0.25, 0.3) is 11.4 Å². The molecule has 0 spiro atoms. The van der Waals surface area contributed by atoms with Gasteiger partial charge in [-0.25, -0.2) is 4.98 Å². The first-order valence-electron chi connectivity index (χ1n) is 7.09. The van der Waals surface area contributed by atoms with E-state index in [2.05, 4.69) is 10.1 Å². The van der Waals surface area contributed by atoms with E-state index in [-0.39, 0.29) is 19.1 Å². The second-order valence-electron chi connectivity index (χ2n) is 5.68. The Morgan fingerprint density at radius 2 is 2.09 bits per heavy atom. The Kier molecular flexibility index (Phi) is 3.67. The molecule has 116 valence electrons. The highest BCUT2D eigenvalue weighted by Crippen LogP contribution is 2.23. The molecule has 1 aliphatic heterocycles. The van der Waals surface area contributed by atoms with Gasteiger partial charge in [-0.05, 0) is 18.6 Å². The van der Waals surface area contributed by atoms with E-state index >= 15 is 0 Å². The van der Waals surface area contributed by atoms with Gasteiger partial charge in [-0.3, -0.25) is 9.48 Å². The molecule has 2 N–H and O–H groups in total. The standard InChI is InChI=1S/C15H18N4O3/c1-18-10-16-13(17-18)11-2-4-12(5-3-11)14(21)19-7-6-15(22,8-19)9-20/h2-5,10,20,22H,6-9H2,1H3. The first-order valence-corrected chi connectivity index (χ1v) is 7.09. The average Bonchev–Trinajstić information content (AvgIpc) is 3.14. The molecule has 1 aromatic carbocycles. The molecule has 0 radical (unpaired) electrons. The van der Waals surface area contributed by atoms with Crippen molar-refractivity contribution in [3.8, 4) is 11.4 Å². The molecular formula is C15H18N4O3. The molecule has 2 aromatic rings. The molecule has 3 rings (SSSR count). The number of hydrogen-bond donors (Lipinski definition) is 2. The van der Waals surface area contributed by atoms with Crippen LogP contribution >= 0.6 is 0 Å². The van der Waals surface area contributed by atoms with Crippen molar-refractivity contribution in [1.29, 1.82) is 0 Å². The molecule has 22 heavy (non-hydrogen) atoms. The molecule has 7 nitrogen and oxygen atoms in total. The molecule has 7 heteroatoms. The second kappa shape index (κ2) is 5.51. The molecule has 0 saturated carbocycles. The van der Waals surface area contributed by atoms with Gasteiger partial charge in [0.25, 0.3) is 5.91 Å². The van der Waals surface area contributed by atoms with Gasteiger partial charge < -0.3 is 15.1 Å². The van der Waals surface area contributed by atoms with E-state index in [1.54, 1.807) is 47.2 Å². The number of aliphatic hydroxyl groups excluding tert-OH is 1. The minimum Gasteiger partial charge on any atom is -0.393 e. The number of β-amino-alcohol motifs (C(OH)–C–C–N with tert-alkyl or cyclic N) is 1. The summed E-state index contributed by atoms with van der Waals surface area (Å²) in [6.45, 7) is 0.270. The summed E-state index contributed by atoms with van der Waals surface area (Å²) in [4.78, 5) is 18.1. The van der Waals surface area contributed by atoms with Gasteiger partial charge in [0.1, 0.15) is 11.9 Å². The minimum atomic E-state index is -1.17. The summed E-state index contributed by atoms with van der Waals surface area (Å²) in [6, 6.07) is 7.06. The molecular weight excluding hydrogens is 284 g/mol. The highest BCUT2D eigenvalue weighted by Gasteiger charge is 2.37. The number of rotatable bonds is 3. The Morgan fingerprint density at radius 1 is 1.36 bits per heavy atom. The van der Waals surface area contributed by atoms with Crippen molar-refractivity contribution in [2.75, 3.05) is 19.7 Å². The van der Waals surface area contributed by atoms with Crippen LogP contribution in [0.1, 0.15) is 16.8 Å². The summed E-state index contributed by atoms with van der Waals surface area (Å²) in [5.41, 5.74) is 0.209. The lowest BCUT2D eigenvalue weighted by molar-refractivity contribution is -0.00455. The second-order valence-corrected chi connectivity index (χ2v) is 5.68. The van der Waals surface area contributed by atoms with Crippen LogP contribution in [0.2, 0.25) is 0 Å². The number of carbonyl (C=O) groups is 1. The molecule has 1 fully saturated rings. The van der Waals surface area contributed by atoms with E-state index in [1.807, 2.05) is 0 Å². The molecule has 1 amide bonds. The van der Waals surface area contributed by atoms with Crippen molar-refractivity contribution in [3.05, 3.63) is 36.2 Å². The Balaban J connectivity index is 1.74. The molecule has 0 bridgehead atoms. The predicted octanol–water partition coefficient (Wildman–Crippen LogP) is 0.0514. The number of hydrogen-bond acceptors (Lipinski definition) is 5. The highest BCUT2D eigenvalue weighted by molar-refractivity contribution is 5.94. The number of amides is 1. The smallest absolute Gasteiger partial charge is 0.253 e. The van der Waals surface area contributed by atoms with Gasteiger partial charge in [-0.15, -0.1) is 0 Å². The monoisotopic (exact) mass is 302 g/mol. The van der Waals surface area contributed by atoms with Crippen molar-refractivity contribution in [1.82, 2.24) is 19.7 Å². The van der Waals surface area contributed by atoms with Crippen molar-refractivity contribution >= 4 is 5.91 Å². The number of aromatic nitrogens is 3. The van der Waals surface area contributed by atoms with Crippen LogP contribution in [0.15, 0.2) is 30.6 Å². The third-order valence-corrected chi connectivity index (χ3v) is 3.90. The number of carbonyl (C=O) groups excluding carboxylic acids is 1. The largest absolute Gasteiger partial charge is 0.393 e. The zero-order chi connectivity index (χ0) is 15.7. The van der Waals surface area contributed by atoms with Gasteiger partial charge >= 0.3 is 0 Å². The SMILES string of the molecule is Cn1cnc(-c2ccc(C(=O)N3CCC(O)(CO)C3)cc2)n1. The van der Waals surface area contributed by atoms with Gasteiger partial charge in [-0.2, -0.15) is 5.10 Å². The van der Waals surface area contributed by atoms with Crippen LogP contribution < -0.4 is 0 Å². The number of aliphatic hydroxyl groups is 2. The van der Waals surface area contributed by atoms with Crippen LogP contribution in [-0.4, -0.2) is 61.1 Å². The fraction of sp³-hybridized carbons (Fsp3) is 0.400. The van der Waals surface area contributed by atoms with Gasteiger partial charge in [0, 0.05) is 24.7 Å². The number of benzene rings is 1. The predicted molar refractivity (Wildman–Crippen MR) is 79.0 cm³/mol. The molecule has 2 heterocycles. The average molecular weight is 302 g/mol. The van der Waals surface area contributed by atoms with E-state index in [9.17, 15) is 9.90 Å². The van der Waals surface area contributed by atoms with Crippen LogP contribution in [0.5, 0.6) is 0 Å². The fourth-order valence-corrected chi connectivity index (χ4v) is 2.57. The molecule has 0 aliphatic carbocycles. The molecule has 1 atom stereocenters. The maximum Gasteiger partial charge on any atom is 0.253 e. The van der Waals surface area contributed by atoms with Crippen molar-refractivity contribution in [2.24, 2.45) is 7.05 Å². The quantitative estimate of drug-likeness (QED) is 0.836. The summed E-state index contributed by atoms with van der Waals surface area (Å²) in [5, 5.41) is 23.4. The van der Waals surface area contributed by atoms with E-state index < -0.39 is 5.60 Å². The Morgan fingerprint density at radius 3 is 2.64 bits per heavy atom. The number of aryl methyl sites for hydroxylation is 1. The molecule has 1 aromatic heterocycles. The number of likely N-dealkylation sites (tertiary alicyclic amines) is 1. The van der Waals surface area contributed by atoms with Crippen molar-refractivity contribution in [2.45, 2.75) is 12.0 Å². The third kappa shape index (κ3) is 2.72. The third-order valence-electron chi connectivity index (χ3n) is 3.90. The van der Waals surface area contributed by atoms with Crippen molar-refractivity contribution < 1.29 is 15.0 Å². The van der Waals surface area contributed by atoms with E-state index in [1.165, 1.54) is 0 Å². The summed E-state index contributed by atoms with van der Waals surface area (Å²) < 4.78 is 1.62. The molecule has 1 saturated heterocycles. The first kappa shape index (κ1) is 14.7. The van der Waals surface area contributed by atoms with Crippen LogP contribution in [0.3, 0.4) is 0 Å². The van der Waals surface area contributed by atoms with Crippen LogP contribution in [0, 0.1) is 0 Å². The highest BCUT2D eigenvalue weighted by atomic mass is 16.3. The van der Waals surface area contributed by atoms with E-state index in [4.69, 9.17) is 5.11 Å². The van der Waals surface area contributed by atoms with Crippen molar-refractivity contribution in [3.63, 3.8) is 0 Å². The lowest BCUT2D eigenvalue weighted by Crippen LogP contribution is -2.38. The maximum atomic E-state index is 12.4. The molecule has 1 unspecified atom stereocenters. The number of nitrogens with zero attached hydrogens (tertiary/aromatic N) is 4. The van der Waals surface area contributed by atoms with Gasteiger partial charge in [-0.1, -0.05) is 12.1 Å².